The maximum Gasteiger partial charge on any atom is 0.147 e. The molecule has 0 amide bonds. The van der Waals surface area contributed by atoms with E-state index in [-0.39, 0.29) is 5.82 Å². The first kappa shape index (κ1) is 9.73. The molecule has 2 aromatic rings. The molecule has 0 saturated heterocycles. The molecule has 14 heavy (non-hydrogen) atoms. The van der Waals surface area contributed by atoms with Crippen molar-refractivity contribution in [2.45, 2.75) is 6.92 Å². The summed E-state index contributed by atoms with van der Waals surface area (Å²) in [5.41, 5.74) is 0.879. The van der Waals surface area contributed by atoms with E-state index in [4.69, 9.17) is 0 Å². The summed E-state index contributed by atoms with van der Waals surface area (Å²) in [6.45, 7) is 1.89. The summed E-state index contributed by atoms with van der Waals surface area (Å²) < 4.78 is 13.4. The average Bonchev–Trinajstić information content (AvgIpc) is 2.57. The molecule has 0 unspecified atom stereocenters. The fourth-order valence-corrected chi connectivity index (χ4v) is 2.11. The molecule has 2 rings (SSSR count). The number of aromatic nitrogens is 2. The lowest BCUT2D eigenvalue weighted by Crippen LogP contribution is -1.80. The topological polar surface area (TPSA) is 25.8 Å². The Labute approximate surface area is 92.9 Å². The first-order valence-electron chi connectivity index (χ1n) is 3.92. The molecule has 2 nitrogen and oxygen atoms in total. The Balaban J connectivity index is 2.47. The van der Waals surface area contributed by atoms with Crippen molar-refractivity contribution < 1.29 is 4.39 Å². The van der Waals surface area contributed by atoms with Crippen molar-refractivity contribution in [3.05, 3.63) is 33.5 Å². The van der Waals surface area contributed by atoms with Gasteiger partial charge in [-0.05, 0) is 41.1 Å². The zero-order valence-electron chi connectivity index (χ0n) is 7.29. The van der Waals surface area contributed by atoms with E-state index in [1.54, 1.807) is 12.1 Å². The van der Waals surface area contributed by atoms with Crippen LogP contribution < -0.4 is 0 Å². The summed E-state index contributed by atoms with van der Waals surface area (Å²) in [5.74, 6) is -0.269. The van der Waals surface area contributed by atoms with Crippen LogP contribution in [-0.2, 0) is 0 Å². The van der Waals surface area contributed by atoms with Crippen LogP contribution in [-0.4, -0.2) is 10.2 Å². The maximum absolute atomic E-state index is 12.9. The highest BCUT2D eigenvalue weighted by atomic mass is 79.9. The van der Waals surface area contributed by atoms with Gasteiger partial charge >= 0.3 is 0 Å². The van der Waals surface area contributed by atoms with Crippen LogP contribution in [0.5, 0.6) is 0 Å². The predicted molar refractivity (Wildman–Crippen MR) is 57.7 cm³/mol. The lowest BCUT2D eigenvalue weighted by atomic mass is 10.2. The van der Waals surface area contributed by atoms with Crippen LogP contribution in [0.1, 0.15) is 5.01 Å². The van der Waals surface area contributed by atoms with Gasteiger partial charge in [-0.3, -0.25) is 0 Å². The van der Waals surface area contributed by atoms with Crippen molar-refractivity contribution in [3.8, 4) is 10.6 Å². The van der Waals surface area contributed by atoms with Gasteiger partial charge in [-0.15, -0.1) is 10.2 Å². The van der Waals surface area contributed by atoms with Gasteiger partial charge in [0.05, 0.1) is 4.47 Å². The normalized spacial score (nSPS) is 10.5. The van der Waals surface area contributed by atoms with Gasteiger partial charge in [0.2, 0.25) is 0 Å². The SMILES string of the molecule is Cc1nnc(-c2ccc(F)c(Br)c2)s1. The zero-order valence-corrected chi connectivity index (χ0v) is 9.69. The Morgan fingerprint density at radius 1 is 1.36 bits per heavy atom. The lowest BCUT2D eigenvalue weighted by Gasteiger charge is -1.97. The summed E-state index contributed by atoms with van der Waals surface area (Å²) in [7, 11) is 0. The summed E-state index contributed by atoms with van der Waals surface area (Å²) in [4.78, 5) is 0. The van der Waals surface area contributed by atoms with Crippen molar-refractivity contribution in [1.82, 2.24) is 10.2 Å². The highest BCUT2D eigenvalue weighted by Crippen LogP contribution is 2.27. The Morgan fingerprint density at radius 2 is 2.14 bits per heavy atom. The van der Waals surface area contributed by atoms with Crippen LogP contribution in [0.2, 0.25) is 0 Å². The van der Waals surface area contributed by atoms with Crippen LogP contribution in [0.4, 0.5) is 4.39 Å². The Hall–Kier alpha value is -0.810. The first-order valence-corrected chi connectivity index (χ1v) is 5.53. The molecule has 0 N–H and O–H groups in total. The molecular formula is C9H6BrFN2S. The molecule has 72 valence electrons. The van der Waals surface area contributed by atoms with Gasteiger partial charge in [0.1, 0.15) is 15.8 Å². The van der Waals surface area contributed by atoms with Gasteiger partial charge < -0.3 is 0 Å². The molecule has 0 atom stereocenters. The number of aryl methyl sites for hydroxylation is 1. The van der Waals surface area contributed by atoms with E-state index in [9.17, 15) is 4.39 Å². The van der Waals surface area contributed by atoms with E-state index in [2.05, 4.69) is 26.1 Å². The second-order valence-electron chi connectivity index (χ2n) is 2.76. The minimum Gasteiger partial charge on any atom is -0.206 e. The third-order valence-corrected chi connectivity index (χ3v) is 3.19. The van der Waals surface area contributed by atoms with Gasteiger partial charge in [-0.25, -0.2) is 4.39 Å². The van der Waals surface area contributed by atoms with Crippen molar-refractivity contribution in [2.75, 3.05) is 0 Å². The van der Waals surface area contributed by atoms with E-state index in [1.165, 1.54) is 17.4 Å². The highest BCUT2D eigenvalue weighted by molar-refractivity contribution is 9.10. The van der Waals surface area contributed by atoms with Gasteiger partial charge in [0.25, 0.3) is 0 Å². The Bertz CT molecular complexity index is 470. The second-order valence-corrected chi connectivity index (χ2v) is 4.79. The number of halogens is 2. The summed E-state index contributed by atoms with van der Waals surface area (Å²) in [6, 6.07) is 4.81. The van der Waals surface area contributed by atoms with E-state index in [0.717, 1.165) is 15.6 Å². The lowest BCUT2D eigenvalue weighted by molar-refractivity contribution is 0.621. The van der Waals surface area contributed by atoms with Crippen molar-refractivity contribution in [1.29, 1.82) is 0 Å². The monoisotopic (exact) mass is 272 g/mol. The fraction of sp³-hybridized carbons (Fsp3) is 0.111. The molecule has 0 aliphatic carbocycles. The summed E-state index contributed by atoms with van der Waals surface area (Å²) >= 11 is 4.62. The number of nitrogens with zero attached hydrogens (tertiary/aromatic N) is 2. The molecule has 5 heteroatoms. The number of rotatable bonds is 1. The molecule has 0 bridgehead atoms. The molecule has 0 radical (unpaired) electrons. The molecule has 1 heterocycles. The molecule has 1 aromatic carbocycles. The van der Waals surface area contributed by atoms with E-state index in [1.807, 2.05) is 6.92 Å². The Kier molecular flexibility index (Phi) is 2.60. The van der Waals surface area contributed by atoms with Crippen molar-refractivity contribution in [2.24, 2.45) is 0 Å². The van der Waals surface area contributed by atoms with Crippen LogP contribution in [0.3, 0.4) is 0 Å². The summed E-state index contributed by atoms with van der Waals surface area (Å²) in [5, 5.41) is 9.60. The molecule has 0 spiro atoms. The van der Waals surface area contributed by atoms with Gasteiger partial charge in [0, 0.05) is 5.56 Å². The second kappa shape index (κ2) is 3.74. The summed E-state index contributed by atoms with van der Waals surface area (Å²) in [6.07, 6.45) is 0. The third kappa shape index (κ3) is 1.83. The fourth-order valence-electron chi connectivity index (χ4n) is 1.04. The predicted octanol–water partition coefficient (Wildman–Crippen LogP) is 3.42. The highest BCUT2D eigenvalue weighted by Gasteiger charge is 2.06. The molecule has 0 aliphatic heterocycles. The number of hydrogen-bond donors (Lipinski definition) is 0. The van der Waals surface area contributed by atoms with E-state index >= 15 is 0 Å². The largest absolute Gasteiger partial charge is 0.206 e. The molecule has 0 saturated carbocycles. The quantitative estimate of drug-likeness (QED) is 0.795. The minimum atomic E-state index is -0.269. The molecule has 0 fully saturated rings. The maximum atomic E-state index is 12.9. The minimum absolute atomic E-state index is 0.269. The van der Waals surface area contributed by atoms with Gasteiger partial charge in [-0.1, -0.05) is 11.3 Å². The van der Waals surface area contributed by atoms with E-state index < -0.39 is 0 Å². The standard InChI is InChI=1S/C9H6BrFN2S/c1-5-12-13-9(14-5)6-2-3-8(11)7(10)4-6/h2-4H,1H3. The molecule has 0 aliphatic rings. The Morgan fingerprint density at radius 3 is 2.71 bits per heavy atom. The van der Waals surface area contributed by atoms with Crippen molar-refractivity contribution in [3.63, 3.8) is 0 Å². The molecule has 1 aromatic heterocycles. The van der Waals surface area contributed by atoms with Gasteiger partial charge in [-0.2, -0.15) is 0 Å². The van der Waals surface area contributed by atoms with E-state index in [0.29, 0.717) is 4.47 Å². The van der Waals surface area contributed by atoms with Crippen LogP contribution in [0.15, 0.2) is 22.7 Å². The zero-order chi connectivity index (χ0) is 10.1. The third-order valence-electron chi connectivity index (χ3n) is 1.69. The first-order chi connectivity index (χ1) is 6.66. The van der Waals surface area contributed by atoms with Crippen LogP contribution in [0, 0.1) is 12.7 Å². The van der Waals surface area contributed by atoms with Crippen molar-refractivity contribution >= 4 is 27.3 Å². The number of benzene rings is 1. The number of hydrogen-bond acceptors (Lipinski definition) is 3. The average molecular weight is 273 g/mol. The van der Waals surface area contributed by atoms with Gasteiger partial charge in [0.15, 0.2) is 0 Å². The van der Waals surface area contributed by atoms with Crippen LogP contribution in [0.25, 0.3) is 10.6 Å². The molecular weight excluding hydrogens is 267 g/mol. The van der Waals surface area contributed by atoms with Crippen LogP contribution >= 0.6 is 27.3 Å². The smallest absolute Gasteiger partial charge is 0.147 e.